The van der Waals surface area contributed by atoms with E-state index in [-0.39, 0.29) is 35.9 Å². The van der Waals surface area contributed by atoms with Gasteiger partial charge >= 0.3 is 11.9 Å². The molecule has 0 saturated heterocycles. The van der Waals surface area contributed by atoms with Gasteiger partial charge in [-0.2, -0.15) is 13.2 Å². The zero-order valence-corrected chi connectivity index (χ0v) is 24.9. The number of H-pyrrole nitrogens is 1. The van der Waals surface area contributed by atoms with E-state index in [4.69, 9.17) is 0 Å². The van der Waals surface area contributed by atoms with E-state index in [1.165, 1.54) is 33.9 Å². The lowest BCUT2D eigenvalue weighted by Crippen LogP contribution is -2.26. The number of fused-ring (bicyclic) bond motifs is 2. The maximum atomic E-state index is 13.3. The number of amides is 2. The molecule has 0 atom stereocenters. The van der Waals surface area contributed by atoms with Crippen LogP contribution in [0.1, 0.15) is 54.6 Å². The van der Waals surface area contributed by atoms with Crippen LogP contribution >= 0.6 is 11.3 Å². The molecule has 9 nitrogen and oxygen atoms in total. The van der Waals surface area contributed by atoms with E-state index in [9.17, 15) is 27.6 Å². The van der Waals surface area contributed by atoms with Crippen molar-refractivity contribution < 1.29 is 22.8 Å². The summed E-state index contributed by atoms with van der Waals surface area (Å²) in [6.45, 7) is 4.79. The molecule has 224 valence electrons. The Morgan fingerprint density at radius 3 is 2.40 bits per heavy atom. The first kappa shape index (κ1) is 30.8. The van der Waals surface area contributed by atoms with E-state index < -0.39 is 24.3 Å². The van der Waals surface area contributed by atoms with Crippen LogP contribution in [0.15, 0.2) is 46.8 Å². The third kappa shape index (κ3) is 6.67. The number of aromatic amines is 1. The summed E-state index contributed by atoms with van der Waals surface area (Å²) in [4.78, 5) is 47.8. The molecule has 0 aliphatic carbocycles. The fraction of sp³-hybridized carbons (Fsp3) is 0.379. The SMILES string of the molecule is CC=C(C=C(CC)CC)c1ccc(C(=O)Nc2nc3cc4[nH]c(=O)n(CC(F)(F)F)c4cc3n2CCC(=O)N(C)C)s1. The molecular weight excluding hydrogens is 569 g/mol. The zero-order valence-electron chi connectivity index (χ0n) is 24.1. The third-order valence-corrected chi connectivity index (χ3v) is 8.08. The van der Waals surface area contributed by atoms with Crippen molar-refractivity contribution in [1.82, 2.24) is 24.0 Å². The minimum absolute atomic E-state index is 0.0381. The van der Waals surface area contributed by atoms with Gasteiger partial charge < -0.3 is 14.5 Å². The van der Waals surface area contributed by atoms with Gasteiger partial charge in [-0.1, -0.05) is 31.6 Å². The number of rotatable bonds is 10. The predicted molar refractivity (Wildman–Crippen MR) is 160 cm³/mol. The summed E-state index contributed by atoms with van der Waals surface area (Å²) in [6.07, 6.45) is 1.44. The van der Waals surface area contributed by atoms with Crippen LogP contribution in [0.2, 0.25) is 0 Å². The first-order chi connectivity index (χ1) is 19.8. The summed E-state index contributed by atoms with van der Waals surface area (Å²) in [5, 5.41) is 2.82. The number of allylic oxidation sites excluding steroid dienone is 4. The summed E-state index contributed by atoms with van der Waals surface area (Å²) in [7, 11) is 3.23. The maximum absolute atomic E-state index is 13.3. The molecule has 3 heterocycles. The number of carbonyl (C=O) groups is 2. The second kappa shape index (κ2) is 12.4. The second-order valence-electron chi connectivity index (χ2n) is 9.99. The summed E-state index contributed by atoms with van der Waals surface area (Å²) in [6, 6.07) is 6.50. The normalized spacial score (nSPS) is 12.2. The Morgan fingerprint density at radius 1 is 1.10 bits per heavy atom. The number of hydrogen-bond donors (Lipinski definition) is 2. The van der Waals surface area contributed by atoms with Crippen molar-refractivity contribution in [3.8, 4) is 0 Å². The van der Waals surface area contributed by atoms with Gasteiger partial charge in [-0.3, -0.25) is 19.5 Å². The molecule has 0 bridgehead atoms. The van der Waals surface area contributed by atoms with Gasteiger partial charge in [-0.15, -0.1) is 11.3 Å². The van der Waals surface area contributed by atoms with Crippen molar-refractivity contribution in [1.29, 1.82) is 0 Å². The molecule has 0 aliphatic heterocycles. The fourth-order valence-corrected chi connectivity index (χ4v) is 5.56. The fourth-order valence-electron chi connectivity index (χ4n) is 4.61. The van der Waals surface area contributed by atoms with E-state index in [0.29, 0.717) is 20.5 Å². The highest BCUT2D eigenvalue weighted by atomic mass is 32.1. The number of nitrogens with one attached hydrogen (secondary N) is 2. The standard InChI is InChI=1S/C29H33F3N6O3S/c1-6-17(7-2)13-18(8-3)23-9-10-24(42-23)26(40)35-27-33-19-14-20-22(38(28(41)34-20)16-29(30,31)32)15-21(19)37(27)12-11-25(39)36(4)5/h8-10,13-15H,6-7,11-12,16H2,1-5H3,(H,34,41)(H,33,35,40). The van der Waals surface area contributed by atoms with E-state index in [1.54, 1.807) is 24.7 Å². The average Bonchev–Trinajstić information content (AvgIpc) is 3.62. The molecule has 0 saturated carbocycles. The Bertz CT molecular complexity index is 1750. The van der Waals surface area contributed by atoms with Crippen LogP contribution in [0.4, 0.5) is 19.1 Å². The van der Waals surface area contributed by atoms with E-state index >= 15 is 0 Å². The molecule has 0 unspecified atom stereocenters. The lowest BCUT2D eigenvalue weighted by atomic mass is 10.1. The van der Waals surface area contributed by atoms with Crippen molar-refractivity contribution >= 4 is 56.7 Å². The Morgan fingerprint density at radius 2 is 1.79 bits per heavy atom. The smallest absolute Gasteiger partial charge is 0.349 e. The molecule has 4 aromatic rings. The molecule has 2 amide bonds. The molecule has 0 fully saturated rings. The number of aryl methyl sites for hydroxylation is 1. The number of imidazole rings is 2. The van der Waals surface area contributed by atoms with Crippen LogP contribution in [0.3, 0.4) is 0 Å². The topological polar surface area (TPSA) is 105 Å². The zero-order chi connectivity index (χ0) is 30.8. The Hall–Kier alpha value is -4.13. The van der Waals surface area contributed by atoms with Gasteiger partial charge in [0, 0.05) is 31.9 Å². The van der Waals surface area contributed by atoms with Crippen LogP contribution in [0.25, 0.3) is 27.6 Å². The van der Waals surface area contributed by atoms with E-state index in [0.717, 1.165) is 23.3 Å². The average molecular weight is 603 g/mol. The third-order valence-electron chi connectivity index (χ3n) is 6.95. The number of carbonyl (C=O) groups excluding carboxylic acids is 2. The second-order valence-corrected chi connectivity index (χ2v) is 11.1. The van der Waals surface area contributed by atoms with Crippen LogP contribution in [0.5, 0.6) is 0 Å². The number of thiophene rings is 1. The molecule has 0 radical (unpaired) electrons. The van der Waals surface area contributed by atoms with E-state index in [2.05, 4.69) is 35.2 Å². The number of nitrogens with zero attached hydrogens (tertiary/aromatic N) is 4. The first-order valence-corrected chi connectivity index (χ1v) is 14.3. The lowest BCUT2D eigenvalue weighted by Gasteiger charge is -2.13. The molecule has 1 aromatic carbocycles. The molecule has 3 aromatic heterocycles. The highest BCUT2D eigenvalue weighted by molar-refractivity contribution is 7.15. The van der Waals surface area contributed by atoms with Crippen molar-refractivity contribution in [3.05, 3.63) is 62.2 Å². The number of alkyl halides is 3. The number of anilines is 1. The summed E-state index contributed by atoms with van der Waals surface area (Å²) < 4.78 is 41.8. The van der Waals surface area contributed by atoms with Crippen molar-refractivity contribution in [2.75, 3.05) is 19.4 Å². The number of benzene rings is 1. The summed E-state index contributed by atoms with van der Waals surface area (Å²) in [5.74, 6) is -0.453. The van der Waals surface area contributed by atoms with E-state index in [1.807, 2.05) is 19.1 Å². The Kier molecular flexibility index (Phi) is 9.09. The molecule has 13 heteroatoms. The Balaban J connectivity index is 1.74. The van der Waals surface area contributed by atoms with Crippen molar-refractivity contribution in [3.63, 3.8) is 0 Å². The molecule has 0 aliphatic rings. The first-order valence-electron chi connectivity index (χ1n) is 13.5. The number of hydrogen-bond acceptors (Lipinski definition) is 5. The van der Waals surface area contributed by atoms with Crippen LogP contribution in [0, 0.1) is 0 Å². The van der Waals surface area contributed by atoms with Gasteiger partial charge in [0.15, 0.2) is 0 Å². The van der Waals surface area contributed by atoms with Crippen LogP contribution in [-0.4, -0.2) is 56.1 Å². The molecular formula is C29H33F3N6O3S. The summed E-state index contributed by atoms with van der Waals surface area (Å²) >= 11 is 1.33. The van der Waals surface area contributed by atoms with Gasteiger partial charge in [-0.05, 0) is 49.6 Å². The quantitative estimate of drug-likeness (QED) is 0.212. The van der Waals surface area contributed by atoms with Crippen molar-refractivity contribution in [2.45, 2.75) is 59.3 Å². The van der Waals surface area contributed by atoms with Gasteiger partial charge in [0.05, 0.1) is 26.9 Å². The molecule has 0 spiro atoms. The summed E-state index contributed by atoms with van der Waals surface area (Å²) in [5.41, 5.74) is 2.35. The number of aromatic nitrogens is 4. The predicted octanol–water partition coefficient (Wildman–Crippen LogP) is 6.18. The molecule has 4 rings (SSSR count). The largest absolute Gasteiger partial charge is 0.406 e. The van der Waals surface area contributed by atoms with Crippen molar-refractivity contribution in [2.24, 2.45) is 0 Å². The molecule has 2 N–H and O–H groups in total. The number of halogens is 3. The monoisotopic (exact) mass is 602 g/mol. The lowest BCUT2D eigenvalue weighted by molar-refractivity contribution is -0.140. The van der Waals surface area contributed by atoms with Gasteiger partial charge in [0.2, 0.25) is 11.9 Å². The van der Waals surface area contributed by atoms with Crippen LogP contribution < -0.4 is 11.0 Å². The Labute approximate surface area is 244 Å². The maximum Gasteiger partial charge on any atom is 0.406 e. The van der Waals surface area contributed by atoms with Gasteiger partial charge in [-0.25, -0.2) is 9.78 Å². The highest BCUT2D eigenvalue weighted by Gasteiger charge is 2.30. The minimum atomic E-state index is -4.61. The van der Waals surface area contributed by atoms with Gasteiger partial charge in [0.1, 0.15) is 6.54 Å². The minimum Gasteiger partial charge on any atom is -0.349 e. The molecule has 42 heavy (non-hydrogen) atoms. The highest BCUT2D eigenvalue weighted by Crippen LogP contribution is 2.30. The van der Waals surface area contributed by atoms with Gasteiger partial charge in [0.25, 0.3) is 5.91 Å². The van der Waals surface area contributed by atoms with Crippen LogP contribution in [-0.2, 0) is 17.9 Å².